The molecule has 0 N–H and O–H groups in total. The Morgan fingerprint density at radius 2 is 1.89 bits per heavy atom. The Morgan fingerprint density at radius 1 is 1.11 bits per heavy atom. The fourth-order valence-corrected chi connectivity index (χ4v) is 2.00. The molecule has 0 radical (unpaired) electrons. The van der Waals surface area contributed by atoms with Gasteiger partial charge < -0.3 is 0 Å². The van der Waals surface area contributed by atoms with Gasteiger partial charge in [0.1, 0.15) is 5.82 Å². The topological polar surface area (TPSA) is 30.2 Å². The Hall–Kier alpha value is -2.23. The van der Waals surface area contributed by atoms with Crippen molar-refractivity contribution in [3.63, 3.8) is 0 Å². The van der Waals surface area contributed by atoms with Gasteiger partial charge in [0.25, 0.3) is 0 Å². The first-order chi connectivity index (χ1) is 9.15. The standard InChI is InChI=1S/C15H14FN3/c1-10(2)13-7-8-15-17-14(9-19(15)18-13)11-5-3-4-6-12(11)16/h3-10H,1-2H3. The summed E-state index contributed by atoms with van der Waals surface area (Å²) in [7, 11) is 0. The highest BCUT2D eigenvalue weighted by Crippen LogP contribution is 2.22. The predicted octanol–water partition coefficient (Wildman–Crippen LogP) is 3.66. The molecule has 1 aromatic carbocycles. The molecule has 0 aliphatic carbocycles. The minimum atomic E-state index is -0.269. The van der Waals surface area contributed by atoms with Crippen LogP contribution in [-0.4, -0.2) is 14.6 Å². The van der Waals surface area contributed by atoms with Crippen molar-refractivity contribution < 1.29 is 4.39 Å². The Balaban J connectivity index is 2.14. The van der Waals surface area contributed by atoms with Gasteiger partial charge in [-0.3, -0.25) is 0 Å². The molecule has 0 unspecified atom stereocenters. The fraction of sp³-hybridized carbons (Fsp3) is 0.200. The van der Waals surface area contributed by atoms with Crippen molar-refractivity contribution in [3.8, 4) is 11.3 Å². The van der Waals surface area contributed by atoms with Crippen molar-refractivity contribution in [1.29, 1.82) is 0 Å². The quantitative estimate of drug-likeness (QED) is 0.699. The summed E-state index contributed by atoms with van der Waals surface area (Å²) in [5.41, 5.74) is 2.82. The second-order valence-electron chi connectivity index (χ2n) is 4.82. The summed E-state index contributed by atoms with van der Waals surface area (Å²) in [4.78, 5) is 4.40. The van der Waals surface area contributed by atoms with Gasteiger partial charge in [0.15, 0.2) is 5.65 Å². The summed E-state index contributed by atoms with van der Waals surface area (Å²) in [5.74, 6) is 0.0821. The molecule has 2 heterocycles. The van der Waals surface area contributed by atoms with Crippen LogP contribution in [0.3, 0.4) is 0 Å². The van der Waals surface area contributed by atoms with Crippen molar-refractivity contribution in [2.75, 3.05) is 0 Å². The lowest BCUT2D eigenvalue weighted by Gasteiger charge is -2.02. The van der Waals surface area contributed by atoms with Crippen LogP contribution in [0.15, 0.2) is 42.6 Å². The smallest absolute Gasteiger partial charge is 0.154 e. The van der Waals surface area contributed by atoms with Gasteiger partial charge in [-0.25, -0.2) is 13.9 Å². The monoisotopic (exact) mass is 255 g/mol. The third-order valence-corrected chi connectivity index (χ3v) is 3.08. The number of aromatic nitrogens is 3. The second kappa shape index (κ2) is 4.46. The van der Waals surface area contributed by atoms with Gasteiger partial charge in [0.05, 0.1) is 17.6 Å². The third-order valence-electron chi connectivity index (χ3n) is 3.08. The highest BCUT2D eigenvalue weighted by molar-refractivity contribution is 5.62. The molecule has 0 saturated carbocycles. The van der Waals surface area contributed by atoms with Gasteiger partial charge in [0, 0.05) is 5.56 Å². The molecule has 0 bridgehead atoms. The van der Waals surface area contributed by atoms with Crippen LogP contribution < -0.4 is 0 Å². The molecule has 96 valence electrons. The summed E-state index contributed by atoms with van der Waals surface area (Å²) in [6, 6.07) is 10.5. The Kier molecular flexibility index (Phi) is 2.78. The first-order valence-corrected chi connectivity index (χ1v) is 6.26. The van der Waals surface area contributed by atoms with E-state index in [0.717, 1.165) is 11.3 Å². The van der Waals surface area contributed by atoms with E-state index in [1.807, 2.05) is 12.1 Å². The molecule has 3 aromatic rings. The van der Waals surface area contributed by atoms with Gasteiger partial charge in [-0.05, 0) is 30.2 Å². The van der Waals surface area contributed by atoms with Crippen LogP contribution in [0.5, 0.6) is 0 Å². The minimum Gasteiger partial charge on any atom is -0.227 e. The number of hydrogen-bond donors (Lipinski definition) is 0. The molecule has 0 aliphatic heterocycles. The van der Waals surface area contributed by atoms with Crippen LogP contribution in [0, 0.1) is 5.82 Å². The number of imidazole rings is 1. The molecule has 19 heavy (non-hydrogen) atoms. The lowest BCUT2D eigenvalue weighted by atomic mass is 10.1. The maximum absolute atomic E-state index is 13.7. The number of benzene rings is 1. The van der Waals surface area contributed by atoms with E-state index >= 15 is 0 Å². The van der Waals surface area contributed by atoms with Gasteiger partial charge >= 0.3 is 0 Å². The summed E-state index contributed by atoms with van der Waals surface area (Å²) in [5, 5.41) is 4.48. The first kappa shape index (κ1) is 11.8. The van der Waals surface area contributed by atoms with E-state index in [1.54, 1.807) is 28.9 Å². The largest absolute Gasteiger partial charge is 0.227 e. The first-order valence-electron chi connectivity index (χ1n) is 6.26. The normalized spacial score (nSPS) is 11.4. The van der Waals surface area contributed by atoms with Gasteiger partial charge in [-0.1, -0.05) is 26.0 Å². The molecule has 3 rings (SSSR count). The molecule has 2 aromatic heterocycles. The Bertz CT molecular complexity index is 731. The molecule has 3 nitrogen and oxygen atoms in total. The zero-order chi connectivity index (χ0) is 13.4. The maximum Gasteiger partial charge on any atom is 0.154 e. The number of halogens is 1. The van der Waals surface area contributed by atoms with E-state index in [-0.39, 0.29) is 5.82 Å². The van der Waals surface area contributed by atoms with E-state index in [1.165, 1.54) is 6.07 Å². The van der Waals surface area contributed by atoms with Crippen LogP contribution in [0.2, 0.25) is 0 Å². The lowest BCUT2D eigenvalue weighted by Crippen LogP contribution is -1.98. The highest BCUT2D eigenvalue weighted by Gasteiger charge is 2.10. The van der Waals surface area contributed by atoms with E-state index in [0.29, 0.717) is 17.2 Å². The van der Waals surface area contributed by atoms with Gasteiger partial charge in [-0.15, -0.1) is 0 Å². The van der Waals surface area contributed by atoms with Crippen LogP contribution in [-0.2, 0) is 0 Å². The Morgan fingerprint density at radius 3 is 2.63 bits per heavy atom. The summed E-state index contributed by atoms with van der Waals surface area (Å²) >= 11 is 0. The Labute approximate surface area is 110 Å². The van der Waals surface area contributed by atoms with Crippen LogP contribution in [0.4, 0.5) is 4.39 Å². The molecule has 0 fully saturated rings. The summed E-state index contributed by atoms with van der Waals surface area (Å²) in [6.07, 6.45) is 1.76. The summed E-state index contributed by atoms with van der Waals surface area (Å²) in [6.45, 7) is 4.17. The van der Waals surface area contributed by atoms with E-state index in [2.05, 4.69) is 23.9 Å². The molecule has 0 atom stereocenters. The average Bonchev–Trinajstić information content (AvgIpc) is 2.81. The molecule has 0 aliphatic rings. The van der Waals surface area contributed by atoms with Crippen molar-refractivity contribution in [3.05, 3.63) is 54.1 Å². The van der Waals surface area contributed by atoms with Crippen molar-refractivity contribution in [2.24, 2.45) is 0 Å². The molecule has 0 amide bonds. The predicted molar refractivity (Wildman–Crippen MR) is 72.5 cm³/mol. The molecule has 0 saturated heterocycles. The van der Waals surface area contributed by atoms with Crippen molar-refractivity contribution >= 4 is 5.65 Å². The average molecular weight is 255 g/mol. The lowest BCUT2D eigenvalue weighted by molar-refractivity contribution is 0.631. The number of rotatable bonds is 2. The maximum atomic E-state index is 13.7. The molecular weight excluding hydrogens is 241 g/mol. The van der Waals surface area contributed by atoms with E-state index in [4.69, 9.17) is 0 Å². The van der Waals surface area contributed by atoms with E-state index < -0.39 is 0 Å². The highest BCUT2D eigenvalue weighted by atomic mass is 19.1. The van der Waals surface area contributed by atoms with Crippen molar-refractivity contribution in [1.82, 2.24) is 14.6 Å². The minimum absolute atomic E-state index is 0.269. The molecule has 0 spiro atoms. The van der Waals surface area contributed by atoms with Crippen LogP contribution >= 0.6 is 0 Å². The van der Waals surface area contributed by atoms with Gasteiger partial charge in [0.2, 0.25) is 0 Å². The van der Waals surface area contributed by atoms with Gasteiger partial charge in [-0.2, -0.15) is 5.10 Å². The van der Waals surface area contributed by atoms with Crippen molar-refractivity contribution in [2.45, 2.75) is 19.8 Å². The number of hydrogen-bond acceptors (Lipinski definition) is 2. The number of fused-ring (bicyclic) bond motifs is 1. The molecular formula is C15H14FN3. The summed E-state index contributed by atoms with van der Waals surface area (Å²) < 4.78 is 15.4. The van der Waals surface area contributed by atoms with Crippen LogP contribution in [0.25, 0.3) is 16.9 Å². The zero-order valence-corrected chi connectivity index (χ0v) is 10.8. The van der Waals surface area contributed by atoms with E-state index in [9.17, 15) is 4.39 Å². The molecule has 4 heteroatoms. The van der Waals surface area contributed by atoms with Crippen LogP contribution in [0.1, 0.15) is 25.5 Å². The SMILES string of the molecule is CC(C)c1ccc2nc(-c3ccccc3F)cn2n1. The second-order valence-corrected chi connectivity index (χ2v) is 4.82. The fourth-order valence-electron chi connectivity index (χ4n) is 2.00. The third kappa shape index (κ3) is 2.10. The zero-order valence-electron chi connectivity index (χ0n) is 10.8. The number of nitrogens with zero attached hydrogens (tertiary/aromatic N) is 3.